The number of nitriles is 1. The highest BCUT2D eigenvalue weighted by Gasteiger charge is 2.25. The van der Waals surface area contributed by atoms with Gasteiger partial charge in [0, 0.05) is 6.61 Å². The Balaban J connectivity index is 1.44. The molecule has 1 aromatic rings. The fraction of sp³-hybridized carbons (Fsp3) is 0.667. The summed E-state index contributed by atoms with van der Waals surface area (Å²) in [4.78, 5) is 0. The molecule has 0 atom stereocenters. The average molecular weight is 329 g/mol. The topological polar surface area (TPSA) is 33.0 Å². The number of ether oxygens (including phenoxy) is 1. The van der Waals surface area contributed by atoms with Crippen LogP contribution in [0, 0.1) is 29.0 Å². The zero-order valence-corrected chi connectivity index (χ0v) is 14.6. The van der Waals surface area contributed by atoms with Crippen LogP contribution in [-0.4, -0.2) is 12.7 Å². The van der Waals surface area contributed by atoms with Gasteiger partial charge in [-0.3, -0.25) is 0 Å². The van der Waals surface area contributed by atoms with E-state index in [1.54, 1.807) is 12.1 Å². The molecule has 0 saturated heterocycles. The first-order valence-corrected chi connectivity index (χ1v) is 9.47. The molecular formula is C21H28FNO. The minimum absolute atomic E-state index is 0.137. The second kappa shape index (κ2) is 8.12. The quantitative estimate of drug-likeness (QED) is 0.724. The Kier molecular flexibility index (Phi) is 5.89. The summed E-state index contributed by atoms with van der Waals surface area (Å²) in [6.45, 7) is 3.28. The van der Waals surface area contributed by atoms with Crippen LogP contribution in [-0.2, 0) is 4.74 Å². The lowest BCUT2D eigenvalue weighted by molar-refractivity contribution is -0.00405. The first-order chi connectivity index (χ1) is 11.7. The third-order valence-corrected chi connectivity index (χ3v) is 5.96. The second-order valence-corrected chi connectivity index (χ2v) is 7.78. The Hall–Kier alpha value is -1.40. The van der Waals surface area contributed by atoms with Crippen molar-refractivity contribution in [2.24, 2.45) is 11.8 Å². The van der Waals surface area contributed by atoms with Crippen LogP contribution in [0.5, 0.6) is 0 Å². The van der Waals surface area contributed by atoms with Crippen LogP contribution in [0.3, 0.4) is 0 Å². The molecule has 0 N–H and O–H groups in total. The molecule has 0 bridgehead atoms. The summed E-state index contributed by atoms with van der Waals surface area (Å²) in [5.41, 5.74) is 1.17. The summed E-state index contributed by atoms with van der Waals surface area (Å²) in [5, 5.41) is 8.83. The third kappa shape index (κ3) is 4.36. The first-order valence-electron chi connectivity index (χ1n) is 9.47. The number of hydrogen-bond acceptors (Lipinski definition) is 2. The highest BCUT2D eigenvalue weighted by Crippen LogP contribution is 2.35. The Morgan fingerprint density at radius 2 is 1.79 bits per heavy atom. The molecule has 1 aromatic carbocycles. The minimum Gasteiger partial charge on any atom is -0.378 e. The smallest absolute Gasteiger partial charge is 0.141 e. The number of nitrogens with zero attached hydrogens (tertiary/aromatic N) is 1. The molecule has 24 heavy (non-hydrogen) atoms. The van der Waals surface area contributed by atoms with Gasteiger partial charge in [-0.05, 0) is 74.0 Å². The molecule has 3 heteroatoms. The highest BCUT2D eigenvalue weighted by molar-refractivity contribution is 5.34. The normalized spacial score (nSPS) is 30.7. The highest BCUT2D eigenvalue weighted by atomic mass is 19.1. The van der Waals surface area contributed by atoms with E-state index >= 15 is 0 Å². The Bertz CT molecular complexity index is 578. The Morgan fingerprint density at radius 3 is 2.42 bits per heavy atom. The summed E-state index contributed by atoms with van der Waals surface area (Å²) in [6.07, 6.45) is 9.96. The molecule has 130 valence electrons. The van der Waals surface area contributed by atoms with Crippen molar-refractivity contribution in [3.8, 4) is 6.07 Å². The zero-order valence-electron chi connectivity index (χ0n) is 14.6. The van der Waals surface area contributed by atoms with Crippen LogP contribution in [0.4, 0.5) is 4.39 Å². The monoisotopic (exact) mass is 329 g/mol. The third-order valence-electron chi connectivity index (χ3n) is 5.96. The van der Waals surface area contributed by atoms with Crippen molar-refractivity contribution in [3.05, 3.63) is 35.1 Å². The molecule has 3 rings (SSSR count). The number of benzene rings is 1. The van der Waals surface area contributed by atoms with Crippen molar-refractivity contribution >= 4 is 0 Å². The minimum atomic E-state index is -0.389. The van der Waals surface area contributed by atoms with E-state index in [9.17, 15) is 4.39 Å². The van der Waals surface area contributed by atoms with Gasteiger partial charge in [0.2, 0.25) is 0 Å². The van der Waals surface area contributed by atoms with Crippen LogP contribution >= 0.6 is 0 Å². The molecule has 2 nitrogen and oxygen atoms in total. The zero-order chi connectivity index (χ0) is 16.9. The van der Waals surface area contributed by atoms with Crippen LogP contribution in [0.25, 0.3) is 0 Å². The molecule has 0 amide bonds. The van der Waals surface area contributed by atoms with Crippen LogP contribution in [0.15, 0.2) is 18.2 Å². The number of rotatable bonds is 4. The standard InChI is InChI=1S/C21H28FNO/c1-15-2-4-16(5-3-15)14-24-20-10-8-17(9-11-20)18-6-7-19(13-23)21(22)12-18/h6-7,12,15-17,20H,2-5,8-11,14H2,1H3. The van der Waals surface area contributed by atoms with Gasteiger partial charge in [0.1, 0.15) is 11.9 Å². The van der Waals surface area contributed by atoms with Gasteiger partial charge in [0.05, 0.1) is 11.7 Å². The predicted octanol–water partition coefficient (Wildman–Crippen LogP) is 5.57. The van der Waals surface area contributed by atoms with E-state index < -0.39 is 0 Å². The summed E-state index contributed by atoms with van der Waals surface area (Å²) in [7, 11) is 0. The van der Waals surface area contributed by atoms with Crippen molar-refractivity contribution in [2.45, 2.75) is 70.3 Å². The molecule has 2 aliphatic carbocycles. The van der Waals surface area contributed by atoms with Gasteiger partial charge in [0.25, 0.3) is 0 Å². The lowest BCUT2D eigenvalue weighted by Crippen LogP contribution is -2.25. The van der Waals surface area contributed by atoms with Crippen LogP contribution in [0.2, 0.25) is 0 Å². The van der Waals surface area contributed by atoms with E-state index in [0.717, 1.165) is 49.7 Å². The van der Waals surface area contributed by atoms with Gasteiger partial charge in [-0.2, -0.15) is 5.26 Å². The first kappa shape index (κ1) is 17.4. The van der Waals surface area contributed by atoms with Crippen molar-refractivity contribution in [1.82, 2.24) is 0 Å². The van der Waals surface area contributed by atoms with E-state index in [1.165, 1.54) is 25.7 Å². The maximum absolute atomic E-state index is 13.8. The SMILES string of the molecule is CC1CCC(COC2CCC(c3ccc(C#N)c(F)c3)CC2)CC1. The number of halogens is 1. The Morgan fingerprint density at radius 1 is 1.08 bits per heavy atom. The molecule has 0 unspecified atom stereocenters. The van der Waals surface area contributed by atoms with E-state index in [1.807, 2.05) is 12.1 Å². The van der Waals surface area contributed by atoms with Crippen molar-refractivity contribution in [3.63, 3.8) is 0 Å². The molecule has 0 spiro atoms. The van der Waals surface area contributed by atoms with Crippen LogP contribution in [0.1, 0.15) is 75.3 Å². The van der Waals surface area contributed by atoms with Crippen molar-refractivity contribution in [2.75, 3.05) is 6.61 Å². The van der Waals surface area contributed by atoms with Gasteiger partial charge in [-0.1, -0.05) is 25.8 Å². The summed E-state index contributed by atoms with van der Waals surface area (Å²) in [5.74, 6) is 1.67. The molecule has 2 saturated carbocycles. The van der Waals surface area contributed by atoms with Gasteiger partial charge >= 0.3 is 0 Å². The summed E-state index contributed by atoms with van der Waals surface area (Å²) >= 11 is 0. The fourth-order valence-electron chi connectivity index (χ4n) is 4.21. The van der Waals surface area contributed by atoms with E-state index in [-0.39, 0.29) is 11.4 Å². The van der Waals surface area contributed by atoms with Crippen molar-refractivity contribution < 1.29 is 9.13 Å². The van der Waals surface area contributed by atoms with Crippen LogP contribution < -0.4 is 0 Å². The number of hydrogen-bond donors (Lipinski definition) is 0. The molecular weight excluding hydrogens is 301 g/mol. The molecule has 0 aliphatic heterocycles. The Labute approximate surface area is 145 Å². The molecule has 0 radical (unpaired) electrons. The lowest BCUT2D eigenvalue weighted by Gasteiger charge is -2.31. The molecule has 0 aromatic heterocycles. The van der Waals surface area contributed by atoms with Gasteiger partial charge < -0.3 is 4.74 Å². The molecule has 2 fully saturated rings. The van der Waals surface area contributed by atoms with Gasteiger partial charge in [-0.15, -0.1) is 0 Å². The van der Waals surface area contributed by atoms with Gasteiger partial charge in [-0.25, -0.2) is 4.39 Å². The van der Waals surface area contributed by atoms with Crippen molar-refractivity contribution in [1.29, 1.82) is 5.26 Å². The van der Waals surface area contributed by atoms with E-state index in [4.69, 9.17) is 10.00 Å². The predicted molar refractivity (Wildman–Crippen MR) is 93.2 cm³/mol. The second-order valence-electron chi connectivity index (χ2n) is 7.78. The fourth-order valence-corrected chi connectivity index (χ4v) is 4.21. The molecule has 0 heterocycles. The average Bonchev–Trinajstić information content (AvgIpc) is 2.61. The molecule has 2 aliphatic rings. The van der Waals surface area contributed by atoms with E-state index in [2.05, 4.69) is 6.92 Å². The lowest BCUT2D eigenvalue weighted by atomic mass is 9.82. The largest absolute Gasteiger partial charge is 0.378 e. The maximum Gasteiger partial charge on any atom is 0.141 e. The van der Waals surface area contributed by atoms with E-state index in [0.29, 0.717) is 12.0 Å². The van der Waals surface area contributed by atoms with Gasteiger partial charge in [0.15, 0.2) is 0 Å². The maximum atomic E-state index is 13.8. The summed E-state index contributed by atoms with van der Waals surface area (Å²) < 4.78 is 20.0. The summed E-state index contributed by atoms with van der Waals surface area (Å²) in [6, 6.07) is 6.96.